The quantitative estimate of drug-likeness (QED) is 0.392. The molecule has 2 aliphatic heterocycles. The van der Waals surface area contributed by atoms with E-state index in [0.29, 0.717) is 0 Å². The number of fused-ring (bicyclic) bond motifs is 1. The molecule has 0 fully saturated rings. The van der Waals surface area contributed by atoms with Crippen LogP contribution in [0.3, 0.4) is 0 Å². The van der Waals surface area contributed by atoms with E-state index in [2.05, 4.69) is 5.16 Å². The summed E-state index contributed by atoms with van der Waals surface area (Å²) in [7, 11) is 0. The van der Waals surface area contributed by atoms with Crippen molar-refractivity contribution in [3.8, 4) is 0 Å². The maximum atomic E-state index is 13.7. The summed E-state index contributed by atoms with van der Waals surface area (Å²) < 4.78 is 5.98. The Morgan fingerprint density at radius 2 is 1.38 bits per heavy atom. The minimum absolute atomic E-state index is 0.0655. The second-order valence-electron chi connectivity index (χ2n) is 7.92. The summed E-state index contributed by atoms with van der Waals surface area (Å²) in [6.07, 6.45) is -1.66. The molecule has 2 aliphatic rings. The van der Waals surface area contributed by atoms with Gasteiger partial charge in [0.15, 0.2) is 18.2 Å². The van der Waals surface area contributed by atoms with Crippen LogP contribution in [0.15, 0.2) is 90.1 Å². The molecule has 0 aromatic heterocycles. The molecule has 34 heavy (non-hydrogen) atoms. The number of benzene rings is 3. The average Bonchev–Trinajstić information content (AvgIpc) is 3.41. The van der Waals surface area contributed by atoms with Crippen LogP contribution >= 0.6 is 11.6 Å². The molecule has 0 spiro atoms. The highest BCUT2D eigenvalue weighted by Gasteiger charge is 2.50. The van der Waals surface area contributed by atoms with Crippen molar-refractivity contribution in [2.24, 2.45) is 5.16 Å². The summed E-state index contributed by atoms with van der Waals surface area (Å²) in [6, 6.07) is 23.5. The lowest BCUT2D eigenvalue weighted by Crippen LogP contribution is -2.52. The molecule has 2 heterocycles. The van der Waals surface area contributed by atoms with Gasteiger partial charge in [-0.2, -0.15) is 0 Å². The summed E-state index contributed by atoms with van der Waals surface area (Å²) in [5.41, 5.74) is 1.92. The lowest BCUT2D eigenvalue weighted by atomic mass is 10.0. The smallest absolute Gasteiger partial charge is 0.334 e. The van der Waals surface area contributed by atoms with Crippen molar-refractivity contribution in [1.82, 2.24) is 4.90 Å². The fourth-order valence-electron chi connectivity index (χ4n) is 4.19. The predicted octanol–water partition coefficient (Wildman–Crippen LogP) is 4.33. The summed E-state index contributed by atoms with van der Waals surface area (Å²) in [4.78, 5) is 46.3. The zero-order chi connectivity index (χ0) is 23.7. The first-order valence-corrected chi connectivity index (χ1v) is 11.1. The fourth-order valence-corrected chi connectivity index (χ4v) is 4.38. The third-order valence-electron chi connectivity index (χ3n) is 5.79. The van der Waals surface area contributed by atoms with Crippen LogP contribution in [0.5, 0.6) is 0 Å². The number of esters is 1. The zero-order valence-electron chi connectivity index (χ0n) is 17.8. The molecule has 0 N–H and O–H groups in total. The van der Waals surface area contributed by atoms with Gasteiger partial charge >= 0.3 is 5.97 Å². The molecule has 5 rings (SSSR count). The first kappa shape index (κ1) is 21.9. The number of amides is 2. The number of halogens is 1. The van der Waals surface area contributed by atoms with Crippen molar-refractivity contribution >= 4 is 34.6 Å². The van der Waals surface area contributed by atoms with Gasteiger partial charge in [0, 0.05) is 6.42 Å². The van der Waals surface area contributed by atoms with Gasteiger partial charge in [0.2, 0.25) is 0 Å². The molecular weight excluding hydrogens is 456 g/mol. The van der Waals surface area contributed by atoms with Gasteiger partial charge in [-0.1, -0.05) is 89.6 Å². The number of nitrogens with zero attached hydrogens (tertiary/aromatic N) is 2. The first-order chi connectivity index (χ1) is 16.5. The minimum Gasteiger partial charge on any atom is -0.451 e. The Morgan fingerprint density at radius 1 is 0.882 bits per heavy atom. The standard InChI is InChI=1S/C26H19ClN2O5/c27-21-15-20(34-28-21)22(29-24(30)18-13-7-8-14-19(18)25(29)31)26(32)33-23(16-9-3-1-4-10-16)17-11-5-2-6-12-17/h1-14,20,22-23H,15H2/t20-,22-/m0/s1. The van der Waals surface area contributed by atoms with Crippen molar-refractivity contribution in [2.75, 3.05) is 0 Å². The van der Waals surface area contributed by atoms with Gasteiger partial charge in [-0.3, -0.25) is 14.5 Å². The molecule has 0 unspecified atom stereocenters. The first-order valence-electron chi connectivity index (χ1n) is 10.7. The Labute approximate surface area is 200 Å². The van der Waals surface area contributed by atoms with Crippen LogP contribution in [-0.4, -0.2) is 40.0 Å². The van der Waals surface area contributed by atoms with E-state index in [0.717, 1.165) is 16.0 Å². The van der Waals surface area contributed by atoms with E-state index in [1.165, 1.54) is 0 Å². The Kier molecular flexibility index (Phi) is 5.86. The van der Waals surface area contributed by atoms with Crippen molar-refractivity contribution < 1.29 is 24.0 Å². The molecule has 170 valence electrons. The molecule has 3 aromatic rings. The molecular formula is C26H19ClN2O5. The number of hydrogen-bond donors (Lipinski definition) is 0. The van der Waals surface area contributed by atoms with E-state index in [-0.39, 0.29) is 22.7 Å². The number of oxime groups is 1. The Morgan fingerprint density at radius 3 is 1.85 bits per heavy atom. The SMILES string of the molecule is O=C(OC(c1ccccc1)c1ccccc1)[C@H]([C@@H]1CC(Cl)=NO1)N1C(=O)c2ccccc2C1=O. The molecule has 0 bridgehead atoms. The highest BCUT2D eigenvalue weighted by molar-refractivity contribution is 6.65. The van der Waals surface area contributed by atoms with Gasteiger partial charge < -0.3 is 9.57 Å². The Balaban J connectivity index is 1.51. The summed E-state index contributed by atoms with van der Waals surface area (Å²) in [5.74, 6) is -1.98. The van der Waals surface area contributed by atoms with E-state index >= 15 is 0 Å². The second-order valence-corrected chi connectivity index (χ2v) is 8.36. The lowest BCUT2D eigenvalue weighted by molar-refractivity contribution is -0.157. The van der Waals surface area contributed by atoms with Crippen molar-refractivity contribution in [3.05, 3.63) is 107 Å². The fraction of sp³-hybridized carbons (Fsp3) is 0.154. The molecule has 0 aliphatic carbocycles. The van der Waals surface area contributed by atoms with E-state index in [1.54, 1.807) is 24.3 Å². The van der Waals surface area contributed by atoms with Gasteiger partial charge in [0.1, 0.15) is 5.17 Å². The van der Waals surface area contributed by atoms with Gasteiger partial charge in [0.05, 0.1) is 11.1 Å². The van der Waals surface area contributed by atoms with Crippen LogP contribution in [0.25, 0.3) is 0 Å². The molecule has 0 radical (unpaired) electrons. The van der Waals surface area contributed by atoms with Gasteiger partial charge in [-0.05, 0) is 23.3 Å². The highest BCUT2D eigenvalue weighted by Crippen LogP contribution is 2.32. The van der Waals surface area contributed by atoms with Crippen LogP contribution in [0.4, 0.5) is 0 Å². The summed E-state index contributed by atoms with van der Waals surface area (Å²) >= 11 is 6.01. The number of imide groups is 1. The predicted molar refractivity (Wildman–Crippen MR) is 124 cm³/mol. The number of ether oxygens (including phenoxy) is 1. The van der Waals surface area contributed by atoms with E-state index in [4.69, 9.17) is 21.2 Å². The Hall–Kier alpha value is -3.97. The number of carbonyl (C=O) groups is 3. The number of hydrogen-bond acceptors (Lipinski definition) is 6. The molecule has 0 saturated carbocycles. The zero-order valence-corrected chi connectivity index (χ0v) is 18.6. The van der Waals surface area contributed by atoms with Crippen LogP contribution in [0, 0.1) is 0 Å². The van der Waals surface area contributed by atoms with Gasteiger partial charge in [-0.25, -0.2) is 4.79 Å². The number of carbonyl (C=O) groups excluding carboxylic acids is 3. The Bertz CT molecular complexity index is 1200. The van der Waals surface area contributed by atoms with Gasteiger partial charge in [0.25, 0.3) is 11.8 Å². The average molecular weight is 475 g/mol. The normalized spacial score (nSPS) is 17.9. The maximum Gasteiger partial charge on any atom is 0.334 e. The molecule has 0 saturated heterocycles. The maximum absolute atomic E-state index is 13.7. The third-order valence-corrected chi connectivity index (χ3v) is 6.02. The minimum atomic E-state index is -1.37. The van der Waals surface area contributed by atoms with Crippen LogP contribution in [-0.2, 0) is 14.4 Å². The molecule has 7 nitrogen and oxygen atoms in total. The topological polar surface area (TPSA) is 85.3 Å². The molecule has 3 aromatic carbocycles. The largest absolute Gasteiger partial charge is 0.451 e. The van der Waals surface area contributed by atoms with Crippen molar-refractivity contribution in [3.63, 3.8) is 0 Å². The monoisotopic (exact) mass is 474 g/mol. The van der Waals surface area contributed by atoms with Crippen molar-refractivity contribution in [2.45, 2.75) is 24.7 Å². The molecule has 2 atom stereocenters. The molecule has 2 amide bonds. The highest BCUT2D eigenvalue weighted by atomic mass is 35.5. The van der Waals surface area contributed by atoms with E-state index in [9.17, 15) is 14.4 Å². The number of rotatable bonds is 6. The van der Waals surface area contributed by atoms with Crippen LogP contribution in [0.1, 0.15) is 44.4 Å². The third kappa shape index (κ3) is 3.95. The van der Waals surface area contributed by atoms with Crippen LogP contribution in [0.2, 0.25) is 0 Å². The van der Waals surface area contributed by atoms with E-state index < -0.39 is 36.0 Å². The molecule has 8 heteroatoms. The van der Waals surface area contributed by atoms with Gasteiger partial charge in [-0.15, -0.1) is 0 Å². The second kappa shape index (κ2) is 9.11. The summed E-state index contributed by atoms with van der Waals surface area (Å²) in [6.45, 7) is 0. The summed E-state index contributed by atoms with van der Waals surface area (Å²) in [5, 5.41) is 3.85. The van der Waals surface area contributed by atoms with Crippen LogP contribution < -0.4 is 0 Å². The van der Waals surface area contributed by atoms with Crippen molar-refractivity contribution in [1.29, 1.82) is 0 Å². The van der Waals surface area contributed by atoms with E-state index in [1.807, 2.05) is 60.7 Å². The lowest BCUT2D eigenvalue weighted by Gasteiger charge is -2.29.